The molecule has 1 heterocycles. The summed E-state index contributed by atoms with van der Waals surface area (Å²) in [6.07, 6.45) is -7.90. The fourth-order valence-electron chi connectivity index (χ4n) is 1.18. The minimum Gasteiger partial charge on any atom is -0.372 e. The Hall–Kier alpha value is -0.850. The third-order valence-electron chi connectivity index (χ3n) is 2.59. The van der Waals surface area contributed by atoms with Gasteiger partial charge in [-0.05, 0) is 0 Å². The number of alkyl halides is 11. The largest absolute Gasteiger partial charge is 0.460 e. The summed E-state index contributed by atoms with van der Waals surface area (Å²) in [5.41, 5.74) is 0. The molecule has 132 valence electrons. The number of halogens is 11. The lowest BCUT2D eigenvalue weighted by Gasteiger charge is -2.37. The molecule has 1 aliphatic heterocycles. The third-order valence-corrected chi connectivity index (χ3v) is 2.59. The molecule has 1 aliphatic rings. The second kappa shape index (κ2) is 5.35. The summed E-state index contributed by atoms with van der Waals surface area (Å²) in [4.78, 5) is 0. The maximum atomic E-state index is 13.0. The Labute approximate surface area is 115 Å². The molecule has 0 aromatic rings. The van der Waals surface area contributed by atoms with Gasteiger partial charge in [0.2, 0.25) is 0 Å². The van der Waals surface area contributed by atoms with Gasteiger partial charge in [-0.1, -0.05) is 0 Å². The molecule has 0 unspecified atom stereocenters. The van der Waals surface area contributed by atoms with Crippen LogP contribution in [-0.4, -0.2) is 55.8 Å². The first-order valence-corrected chi connectivity index (χ1v) is 5.35. The predicted octanol–water partition coefficient (Wildman–Crippen LogP) is 3.51. The van der Waals surface area contributed by atoms with E-state index < -0.39 is 49.2 Å². The first-order valence-electron chi connectivity index (χ1n) is 5.35. The van der Waals surface area contributed by atoms with Gasteiger partial charge in [-0.15, -0.1) is 0 Å². The molecule has 0 aliphatic carbocycles. The molecule has 0 spiro atoms. The van der Waals surface area contributed by atoms with Crippen molar-refractivity contribution >= 4 is 0 Å². The Morgan fingerprint density at radius 3 is 1.59 bits per heavy atom. The van der Waals surface area contributed by atoms with E-state index in [4.69, 9.17) is 0 Å². The van der Waals surface area contributed by atoms with E-state index >= 15 is 0 Å². The summed E-state index contributed by atoms with van der Waals surface area (Å²) in [6.45, 7) is -3.19. The van der Waals surface area contributed by atoms with Gasteiger partial charge in [0, 0.05) is 0 Å². The van der Waals surface area contributed by atoms with Gasteiger partial charge in [0.25, 0.3) is 0 Å². The zero-order chi connectivity index (χ0) is 17.6. The molecule has 1 fully saturated rings. The van der Waals surface area contributed by atoms with Crippen LogP contribution in [0.4, 0.5) is 48.3 Å². The summed E-state index contributed by atoms with van der Waals surface area (Å²) in [6, 6.07) is 0. The Morgan fingerprint density at radius 1 is 0.773 bits per heavy atom. The minimum atomic E-state index is -7.39. The van der Waals surface area contributed by atoms with Crippen LogP contribution in [0.25, 0.3) is 0 Å². The number of ether oxygens (including phenoxy) is 2. The highest BCUT2D eigenvalue weighted by atomic mass is 19.4. The smallest absolute Gasteiger partial charge is 0.372 e. The summed E-state index contributed by atoms with van der Waals surface area (Å²) in [7, 11) is 0. The van der Waals surface area contributed by atoms with Crippen LogP contribution < -0.4 is 0 Å². The monoisotopic (exact) mass is 356 g/mol. The van der Waals surface area contributed by atoms with E-state index in [0.717, 1.165) is 0 Å². The van der Waals surface area contributed by atoms with Gasteiger partial charge in [-0.2, -0.15) is 48.3 Å². The number of epoxide rings is 1. The van der Waals surface area contributed by atoms with Crippen LogP contribution in [0, 0.1) is 0 Å². The molecule has 2 nitrogen and oxygen atoms in total. The highest BCUT2D eigenvalue weighted by Crippen LogP contribution is 2.57. The molecule has 1 atom stereocenters. The van der Waals surface area contributed by atoms with Gasteiger partial charge in [0.1, 0.15) is 12.7 Å². The second-order valence-corrected chi connectivity index (χ2v) is 4.40. The highest BCUT2D eigenvalue weighted by molar-refractivity contribution is 5.06. The standard InChI is InChI=1S/C9H7F11O2/c10-5(11,3-21-1-4-2-22-4)6(12,13)7(14,15)8(16,17)9(18,19)20/h4H,1-3H2/t4-/m1/s1. The zero-order valence-electron chi connectivity index (χ0n) is 10.2. The predicted molar refractivity (Wildman–Crippen MR) is 46.4 cm³/mol. The zero-order valence-corrected chi connectivity index (χ0v) is 10.2. The van der Waals surface area contributed by atoms with Crippen molar-refractivity contribution in [1.82, 2.24) is 0 Å². The van der Waals surface area contributed by atoms with E-state index in [2.05, 4.69) is 9.47 Å². The average molecular weight is 356 g/mol. The second-order valence-electron chi connectivity index (χ2n) is 4.40. The summed E-state index contributed by atoms with van der Waals surface area (Å²) in [5.74, 6) is -27.7. The molecular weight excluding hydrogens is 349 g/mol. The normalized spacial score (nSPS) is 21.1. The van der Waals surface area contributed by atoms with Crippen LogP contribution in [0.15, 0.2) is 0 Å². The van der Waals surface area contributed by atoms with Crippen LogP contribution in [0.2, 0.25) is 0 Å². The van der Waals surface area contributed by atoms with E-state index in [1.54, 1.807) is 0 Å². The summed E-state index contributed by atoms with van der Waals surface area (Å²) in [5, 5.41) is 0. The minimum absolute atomic E-state index is 0.0181. The van der Waals surface area contributed by atoms with Crippen LogP contribution in [0.1, 0.15) is 0 Å². The Kier molecular flexibility index (Phi) is 4.67. The van der Waals surface area contributed by atoms with Gasteiger partial charge >= 0.3 is 29.9 Å². The third kappa shape index (κ3) is 3.09. The maximum absolute atomic E-state index is 13.0. The number of rotatable bonds is 7. The molecule has 1 rings (SSSR count). The lowest BCUT2D eigenvalue weighted by atomic mass is 9.98. The summed E-state index contributed by atoms with van der Waals surface area (Å²) < 4.78 is 146. The first kappa shape index (κ1) is 19.2. The molecular formula is C9H7F11O2. The van der Waals surface area contributed by atoms with Crippen molar-refractivity contribution in [2.75, 3.05) is 19.8 Å². The molecule has 0 amide bonds. The fraction of sp³-hybridized carbons (Fsp3) is 1.00. The Bertz CT molecular complexity index is 399. The Balaban J connectivity index is 2.96. The Morgan fingerprint density at radius 2 is 1.23 bits per heavy atom. The van der Waals surface area contributed by atoms with Crippen LogP contribution in [0.3, 0.4) is 0 Å². The molecule has 0 bridgehead atoms. The van der Waals surface area contributed by atoms with Crippen LogP contribution in [-0.2, 0) is 9.47 Å². The van der Waals surface area contributed by atoms with Gasteiger partial charge in [-0.3, -0.25) is 0 Å². The van der Waals surface area contributed by atoms with Crippen molar-refractivity contribution in [1.29, 1.82) is 0 Å². The lowest BCUT2D eigenvalue weighted by Crippen LogP contribution is -2.67. The first-order chi connectivity index (χ1) is 9.58. The molecule has 0 aromatic carbocycles. The molecule has 1 saturated heterocycles. The van der Waals surface area contributed by atoms with Crippen molar-refractivity contribution in [3.05, 3.63) is 0 Å². The topological polar surface area (TPSA) is 21.8 Å². The van der Waals surface area contributed by atoms with Crippen molar-refractivity contribution < 1.29 is 57.8 Å². The van der Waals surface area contributed by atoms with E-state index in [9.17, 15) is 48.3 Å². The number of hydrogen-bond acceptors (Lipinski definition) is 2. The van der Waals surface area contributed by atoms with E-state index in [1.165, 1.54) is 0 Å². The van der Waals surface area contributed by atoms with Gasteiger partial charge in [0.05, 0.1) is 13.2 Å². The molecule has 0 aromatic heterocycles. The quantitative estimate of drug-likeness (QED) is 0.515. The molecule has 0 saturated carbocycles. The van der Waals surface area contributed by atoms with Gasteiger partial charge < -0.3 is 9.47 Å². The summed E-state index contributed by atoms with van der Waals surface area (Å²) >= 11 is 0. The lowest BCUT2D eigenvalue weighted by molar-refractivity contribution is -0.424. The highest BCUT2D eigenvalue weighted by Gasteiger charge is 2.87. The molecule has 0 N–H and O–H groups in total. The van der Waals surface area contributed by atoms with Crippen molar-refractivity contribution in [3.63, 3.8) is 0 Å². The van der Waals surface area contributed by atoms with Crippen LogP contribution in [0.5, 0.6) is 0 Å². The molecule has 0 radical (unpaired) electrons. The van der Waals surface area contributed by atoms with Crippen LogP contribution >= 0.6 is 0 Å². The van der Waals surface area contributed by atoms with E-state index in [0.29, 0.717) is 0 Å². The van der Waals surface area contributed by atoms with Crippen molar-refractivity contribution in [2.24, 2.45) is 0 Å². The van der Waals surface area contributed by atoms with E-state index in [1.807, 2.05) is 0 Å². The maximum Gasteiger partial charge on any atom is 0.460 e. The number of hydrogen-bond donors (Lipinski definition) is 0. The fourth-order valence-corrected chi connectivity index (χ4v) is 1.18. The van der Waals surface area contributed by atoms with E-state index in [-0.39, 0.29) is 6.61 Å². The SMILES string of the molecule is FC(F)(F)C(F)(F)C(F)(F)C(F)(F)C(F)(F)COC[C@@H]1CO1. The van der Waals surface area contributed by atoms with Gasteiger partial charge in [-0.25, -0.2) is 0 Å². The van der Waals surface area contributed by atoms with Crippen molar-refractivity contribution in [2.45, 2.75) is 36.0 Å². The average Bonchev–Trinajstić information content (AvgIpc) is 3.10. The molecule has 13 heteroatoms. The van der Waals surface area contributed by atoms with Crippen molar-refractivity contribution in [3.8, 4) is 0 Å². The van der Waals surface area contributed by atoms with Gasteiger partial charge in [0.15, 0.2) is 0 Å². The molecule has 22 heavy (non-hydrogen) atoms.